The third-order valence-electron chi connectivity index (χ3n) is 1.88. The average Bonchev–Trinajstić information content (AvgIpc) is 2.18. The molecule has 0 aromatic heterocycles. The number of hydrogen-bond acceptors (Lipinski definition) is 2. The molecule has 14 heavy (non-hydrogen) atoms. The van der Waals surface area contributed by atoms with Gasteiger partial charge in [-0.05, 0) is 37.2 Å². The number of benzene rings is 1. The van der Waals surface area contributed by atoms with Crippen LogP contribution in [0.5, 0.6) is 0 Å². The van der Waals surface area contributed by atoms with Crippen LogP contribution in [0.25, 0.3) is 0 Å². The average molecular weight is 200 g/mol. The first-order valence-corrected chi connectivity index (χ1v) is 4.53. The standard InChI is InChI=1S/C10H14F2N2/c1-13-7-14-5-4-8-6-9(11)2-3-10(8)12/h2-3,6,13-14H,4-5,7H2,1H3. The minimum atomic E-state index is -0.394. The van der Waals surface area contributed by atoms with Gasteiger partial charge in [-0.15, -0.1) is 0 Å². The third-order valence-corrected chi connectivity index (χ3v) is 1.88. The third kappa shape index (κ3) is 3.40. The zero-order valence-electron chi connectivity index (χ0n) is 8.11. The predicted molar refractivity (Wildman–Crippen MR) is 52.0 cm³/mol. The van der Waals surface area contributed by atoms with Gasteiger partial charge in [-0.25, -0.2) is 8.78 Å². The van der Waals surface area contributed by atoms with E-state index in [1.54, 1.807) is 0 Å². The minimum Gasteiger partial charge on any atom is -0.308 e. The van der Waals surface area contributed by atoms with E-state index in [4.69, 9.17) is 0 Å². The quantitative estimate of drug-likeness (QED) is 0.552. The van der Waals surface area contributed by atoms with Gasteiger partial charge in [0.2, 0.25) is 0 Å². The van der Waals surface area contributed by atoms with E-state index in [0.717, 1.165) is 12.1 Å². The molecule has 1 aromatic carbocycles. The monoisotopic (exact) mass is 200 g/mol. The van der Waals surface area contributed by atoms with Gasteiger partial charge in [0.05, 0.1) is 0 Å². The van der Waals surface area contributed by atoms with Crippen molar-refractivity contribution in [2.45, 2.75) is 6.42 Å². The second kappa shape index (κ2) is 5.67. The molecular weight excluding hydrogens is 186 g/mol. The Balaban J connectivity index is 2.45. The maximum Gasteiger partial charge on any atom is 0.126 e. The van der Waals surface area contributed by atoms with Crippen molar-refractivity contribution in [1.29, 1.82) is 0 Å². The van der Waals surface area contributed by atoms with Crippen LogP contribution >= 0.6 is 0 Å². The van der Waals surface area contributed by atoms with E-state index >= 15 is 0 Å². The van der Waals surface area contributed by atoms with Crippen molar-refractivity contribution >= 4 is 0 Å². The summed E-state index contributed by atoms with van der Waals surface area (Å²) in [4.78, 5) is 0. The van der Waals surface area contributed by atoms with Gasteiger partial charge in [0.15, 0.2) is 0 Å². The van der Waals surface area contributed by atoms with Gasteiger partial charge in [0.1, 0.15) is 11.6 Å². The molecule has 1 rings (SSSR count). The van der Waals surface area contributed by atoms with Gasteiger partial charge in [0, 0.05) is 13.2 Å². The molecule has 1 aromatic rings. The molecule has 78 valence electrons. The molecule has 0 atom stereocenters. The summed E-state index contributed by atoms with van der Waals surface area (Å²) in [5.41, 5.74) is 0.411. The van der Waals surface area contributed by atoms with E-state index in [1.807, 2.05) is 7.05 Å². The van der Waals surface area contributed by atoms with Crippen molar-refractivity contribution < 1.29 is 8.78 Å². The van der Waals surface area contributed by atoms with Crippen LogP contribution in [0.1, 0.15) is 5.56 Å². The van der Waals surface area contributed by atoms with Gasteiger partial charge >= 0.3 is 0 Å². The van der Waals surface area contributed by atoms with Gasteiger partial charge in [-0.1, -0.05) is 0 Å². The van der Waals surface area contributed by atoms with Gasteiger partial charge in [-0.2, -0.15) is 0 Å². The van der Waals surface area contributed by atoms with Crippen molar-refractivity contribution in [3.05, 3.63) is 35.4 Å². The summed E-state index contributed by atoms with van der Waals surface area (Å²) in [6, 6.07) is 3.51. The lowest BCUT2D eigenvalue weighted by Gasteiger charge is -2.05. The molecule has 0 aliphatic heterocycles. The van der Waals surface area contributed by atoms with Crippen LogP contribution in [0.2, 0.25) is 0 Å². The van der Waals surface area contributed by atoms with E-state index in [2.05, 4.69) is 10.6 Å². The number of nitrogens with one attached hydrogen (secondary N) is 2. The molecule has 0 spiro atoms. The lowest BCUT2D eigenvalue weighted by atomic mass is 10.1. The summed E-state index contributed by atoms with van der Waals surface area (Å²) in [6.07, 6.45) is 0.491. The number of hydrogen-bond donors (Lipinski definition) is 2. The van der Waals surface area contributed by atoms with Crippen molar-refractivity contribution in [3.63, 3.8) is 0 Å². The fourth-order valence-corrected chi connectivity index (χ4v) is 1.17. The lowest BCUT2D eigenvalue weighted by molar-refractivity contribution is 0.572. The maximum atomic E-state index is 13.1. The Hall–Kier alpha value is -1.00. The van der Waals surface area contributed by atoms with Crippen LogP contribution in [0, 0.1) is 11.6 Å². The molecule has 0 radical (unpaired) electrons. The number of halogens is 2. The van der Waals surface area contributed by atoms with E-state index in [0.29, 0.717) is 25.2 Å². The predicted octanol–water partition coefficient (Wildman–Crippen LogP) is 1.27. The molecule has 0 fully saturated rings. The zero-order valence-corrected chi connectivity index (χ0v) is 8.11. The van der Waals surface area contributed by atoms with Crippen LogP contribution in [-0.4, -0.2) is 20.3 Å². The highest BCUT2D eigenvalue weighted by molar-refractivity contribution is 5.18. The summed E-state index contributed by atoms with van der Waals surface area (Å²) >= 11 is 0. The van der Waals surface area contributed by atoms with Gasteiger partial charge < -0.3 is 10.6 Å². The van der Waals surface area contributed by atoms with E-state index in [-0.39, 0.29) is 5.82 Å². The molecular formula is C10H14F2N2. The summed E-state index contributed by atoms with van der Waals surface area (Å²) in [7, 11) is 1.82. The van der Waals surface area contributed by atoms with Crippen LogP contribution in [0.4, 0.5) is 8.78 Å². The van der Waals surface area contributed by atoms with Gasteiger partial charge in [-0.3, -0.25) is 0 Å². The van der Waals surface area contributed by atoms with E-state index in [9.17, 15) is 8.78 Å². The molecule has 0 amide bonds. The first-order chi connectivity index (χ1) is 6.74. The Labute approximate surface area is 82.3 Å². The molecule has 0 saturated carbocycles. The van der Waals surface area contributed by atoms with Crippen molar-refractivity contribution in [2.24, 2.45) is 0 Å². The highest BCUT2D eigenvalue weighted by atomic mass is 19.1. The molecule has 0 heterocycles. The first-order valence-electron chi connectivity index (χ1n) is 4.53. The molecule has 0 aliphatic carbocycles. The highest BCUT2D eigenvalue weighted by Gasteiger charge is 2.02. The van der Waals surface area contributed by atoms with Crippen molar-refractivity contribution in [2.75, 3.05) is 20.3 Å². The van der Waals surface area contributed by atoms with E-state index < -0.39 is 5.82 Å². The molecule has 0 saturated heterocycles. The Morgan fingerprint density at radius 2 is 2.07 bits per heavy atom. The Bertz CT molecular complexity index is 289. The smallest absolute Gasteiger partial charge is 0.126 e. The maximum absolute atomic E-state index is 13.1. The van der Waals surface area contributed by atoms with Crippen LogP contribution in [0.3, 0.4) is 0 Å². The molecule has 2 N–H and O–H groups in total. The summed E-state index contributed by atoms with van der Waals surface area (Å²) in [6.45, 7) is 1.29. The summed E-state index contributed by atoms with van der Waals surface area (Å²) in [5, 5.41) is 5.93. The van der Waals surface area contributed by atoms with Crippen molar-refractivity contribution in [1.82, 2.24) is 10.6 Å². The first kappa shape index (κ1) is 11.1. The summed E-state index contributed by atoms with van der Waals surface area (Å²) in [5.74, 6) is -0.743. The SMILES string of the molecule is CNCNCCc1cc(F)ccc1F. The molecule has 2 nitrogen and oxygen atoms in total. The Morgan fingerprint density at radius 1 is 1.29 bits per heavy atom. The topological polar surface area (TPSA) is 24.1 Å². The van der Waals surface area contributed by atoms with E-state index in [1.165, 1.54) is 6.07 Å². The molecule has 0 aliphatic rings. The van der Waals surface area contributed by atoms with Crippen LogP contribution in [0.15, 0.2) is 18.2 Å². The Kier molecular flexibility index (Phi) is 4.49. The molecule has 0 bridgehead atoms. The number of rotatable bonds is 5. The fourth-order valence-electron chi connectivity index (χ4n) is 1.17. The molecule has 4 heteroatoms. The lowest BCUT2D eigenvalue weighted by Crippen LogP contribution is -2.27. The second-order valence-corrected chi connectivity index (χ2v) is 3.02. The Morgan fingerprint density at radius 3 is 2.79 bits per heavy atom. The highest BCUT2D eigenvalue weighted by Crippen LogP contribution is 2.09. The normalized spacial score (nSPS) is 10.5. The largest absolute Gasteiger partial charge is 0.308 e. The fraction of sp³-hybridized carbons (Fsp3) is 0.400. The molecule has 0 unspecified atom stereocenters. The van der Waals surface area contributed by atoms with Crippen LogP contribution < -0.4 is 10.6 Å². The van der Waals surface area contributed by atoms with Crippen molar-refractivity contribution in [3.8, 4) is 0 Å². The van der Waals surface area contributed by atoms with Crippen LogP contribution in [-0.2, 0) is 6.42 Å². The second-order valence-electron chi connectivity index (χ2n) is 3.02. The zero-order chi connectivity index (χ0) is 10.4. The summed E-state index contributed by atoms with van der Waals surface area (Å²) < 4.78 is 25.8. The minimum absolute atomic E-state index is 0.349. The van der Waals surface area contributed by atoms with Gasteiger partial charge in [0.25, 0.3) is 0 Å².